The van der Waals surface area contributed by atoms with Crippen molar-refractivity contribution in [3.8, 4) is 0 Å². The first-order valence-electron chi connectivity index (χ1n) is 9.07. The van der Waals surface area contributed by atoms with Crippen LogP contribution in [0.25, 0.3) is 0 Å². The molecule has 3 aliphatic rings. The first-order chi connectivity index (χ1) is 10.8. The zero-order chi connectivity index (χ0) is 15.2. The molecular weight excluding hydrogens is 294 g/mol. The van der Waals surface area contributed by atoms with E-state index in [1.807, 2.05) is 0 Å². The van der Waals surface area contributed by atoms with Crippen LogP contribution in [-0.4, -0.2) is 46.9 Å². The lowest BCUT2D eigenvalue weighted by molar-refractivity contribution is -0.135. The predicted octanol–water partition coefficient (Wildman–Crippen LogP) is 3.17. The van der Waals surface area contributed by atoms with Gasteiger partial charge in [-0.15, -0.1) is 0 Å². The van der Waals surface area contributed by atoms with Gasteiger partial charge < -0.3 is 10.2 Å². The summed E-state index contributed by atoms with van der Waals surface area (Å²) in [6, 6.07) is 1.01. The van der Waals surface area contributed by atoms with Crippen molar-refractivity contribution in [2.24, 2.45) is 4.99 Å². The van der Waals surface area contributed by atoms with Crippen LogP contribution >= 0.6 is 11.8 Å². The Kier molecular flexibility index (Phi) is 6.04. The van der Waals surface area contributed by atoms with Gasteiger partial charge in [0.25, 0.3) is 0 Å². The highest BCUT2D eigenvalue weighted by atomic mass is 32.2. The summed E-state index contributed by atoms with van der Waals surface area (Å²) in [7, 11) is 0. The molecule has 5 heteroatoms. The average molecular weight is 324 g/mol. The van der Waals surface area contributed by atoms with E-state index in [4.69, 9.17) is 0 Å². The molecule has 0 aromatic carbocycles. The second-order valence-electron chi connectivity index (χ2n) is 6.79. The van der Waals surface area contributed by atoms with Crippen LogP contribution in [0.3, 0.4) is 0 Å². The third-order valence-electron chi connectivity index (χ3n) is 5.20. The molecule has 1 aliphatic heterocycles. The Balaban J connectivity index is 1.61. The van der Waals surface area contributed by atoms with Gasteiger partial charge in [0.2, 0.25) is 5.91 Å². The molecule has 0 saturated heterocycles. The third kappa shape index (κ3) is 4.18. The van der Waals surface area contributed by atoms with Gasteiger partial charge in [-0.25, -0.2) is 0 Å². The van der Waals surface area contributed by atoms with Crippen molar-refractivity contribution in [2.75, 3.05) is 18.8 Å². The number of hydrogen-bond acceptors (Lipinski definition) is 4. The molecule has 3 rings (SSSR count). The molecule has 2 saturated carbocycles. The van der Waals surface area contributed by atoms with E-state index in [0.717, 1.165) is 18.3 Å². The Hall–Kier alpha value is -0.710. The SMILES string of the molecule is O=C(CSC1=NCCN1)N(C1CCCCC1)C1CCCCC1. The van der Waals surface area contributed by atoms with E-state index in [-0.39, 0.29) is 0 Å². The highest BCUT2D eigenvalue weighted by Crippen LogP contribution is 2.30. The summed E-state index contributed by atoms with van der Waals surface area (Å²) < 4.78 is 0. The van der Waals surface area contributed by atoms with E-state index >= 15 is 0 Å². The van der Waals surface area contributed by atoms with Gasteiger partial charge in [0.1, 0.15) is 0 Å². The lowest BCUT2D eigenvalue weighted by atomic mass is 9.88. The zero-order valence-electron chi connectivity index (χ0n) is 13.6. The van der Waals surface area contributed by atoms with Gasteiger partial charge in [0.15, 0.2) is 5.17 Å². The molecule has 1 N–H and O–H groups in total. The van der Waals surface area contributed by atoms with Crippen LogP contribution in [0, 0.1) is 0 Å². The molecule has 0 unspecified atom stereocenters. The second kappa shape index (κ2) is 8.23. The minimum Gasteiger partial charge on any atom is -0.363 e. The van der Waals surface area contributed by atoms with Gasteiger partial charge in [-0.2, -0.15) is 0 Å². The number of thioether (sulfide) groups is 1. The minimum atomic E-state index is 0.347. The molecule has 0 aromatic heterocycles. The van der Waals surface area contributed by atoms with Crippen molar-refractivity contribution in [1.29, 1.82) is 0 Å². The fourth-order valence-corrected chi connectivity index (χ4v) is 4.90. The van der Waals surface area contributed by atoms with Gasteiger partial charge in [0.05, 0.1) is 12.3 Å². The van der Waals surface area contributed by atoms with Crippen LogP contribution < -0.4 is 5.32 Å². The van der Waals surface area contributed by atoms with Crippen LogP contribution in [0.2, 0.25) is 0 Å². The number of aliphatic imine (C=N–C) groups is 1. The molecule has 4 nitrogen and oxygen atoms in total. The molecule has 2 fully saturated rings. The Labute approximate surface area is 138 Å². The number of hydrogen-bond donors (Lipinski definition) is 1. The summed E-state index contributed by atoms with van der Waals surface area (Å²) in [6.45, 7) is 1.77. The number of carbonyl (C=O) groups is 1. The van der Waals surface area contributed by atoms with Crippen molar-refractivity contribution in [3.05, 3.63) is 0 Å². The quantitative estimate of drug-likeness (QED) is 0.864. The van der Waals surface area contributed by atoms with E-state index in [9.17, 15) is 4.79 Å². The van der Waals surface area contributed by atoms with Crippen molar-refractivity contribution >= 4 is 22.8 Å². The summed E-state index contributed by atoms with van der Waals surface area (Å²) in [6.07, 6.45) is 12.7. The fourth-order valence-electron chi connectivity index (χ4n) is 4.10. The standard InChI is InChI=1S/C17H29N3OS/c21-16(13-22-17-18-11-12-19-17)20(14-7-3-1-4-8-14)15-9-5-2-6-10-15/h14-15H,1-13H2,(H,18,19). The van der Waals surface area contributed by atoms with Gasteiger partial charge in [-0.05, 0) is 25.7 Å². The maximum Gasteiger partial charge on any atom is 0.233 e. The normalized spacial score (nSPS) is 23.9. The molecule has 2 aliphatic carbocycles. The Morgan fingerprint density at radius 1 is 1.05 bits per heavy atom. The van der Waals surface area contributed by atoms with Crippen LogP contribution in [0.1, 0.15) is 64.2 Å². The molecule has 0 aromatic rings. The van der Waals surface area contributed by atoms with E-state index in [2.05, 4.69) is 15.2 Å². The number of carbonyl (C=O) groups excluding carboxylic acids is 1. The second-order valence-corrected chi connectivity index (χ2v) is 7.75. The van der Waals surface area contributed by atoms with Crippen molar-refractivity contribution in [2.45, 2.75) is 76.3 Å². The van der Waals surface area contributed by atoms with Crippen molar-refractivity contribution in [3.63, 3.8) is 0 Å². The molecular formula is C17H29N3OS. The van der Waals surface area contributed by atoms with Gasteiger partial charge in [0, 0.05) is 18.6 Å². The van der Waals surface area contributed by atoms with Crippen LogP contribution in [0.5, 0.6) is 0 Å². The maximum atomic E-state index is 12.9. The Morgan fingerprint density at radius 3 is 2.14 bits per heavy atom. The Morgan fingerprint density at radius 2 is 1.64 bits per heavy atom. The summed E-state index contributed by atoms with van der Waals surface area (Å²) in [5.41, 5.74) is 0. The van der Waals surface area contributed by atoms with Gasteiger partial charge in [-0.1, -0.05) is 50.3 Å². The van der Waals surface area contributed by atoms with Gasteiger partial charge in [-0.3, -0.25) is 9.79 Å². The maximum absolute atomic E-state index is 12.9. The number of rotatable bonds is 4. The highest BCUT2D eigenvalue weighted by Gasteiger charge is 2.32. The fraction of sp³-hybridized carbons (Fsp3) is 0.882. The molecule has 0 radical (unpaired) electrons. The van der Waals surface area contributed by atoms with E-state index in [0.29, 0.717) is 23.7 Å². The molecule has 1 heterocycles. The lowest BCUT2D eigenvalue weighted by Gasteiger charge is -2.41. The number of amides is 1. The molecule has 22 heavy (non-hydrogen) atoms. The average Bonchev–Trinajstić information content (AvgIpc) is 3.09. The third-order valence-corrected chi connectivity index (χ3v) is 6.14. The summed E-state index contributed by atoms with van der Waals surface area (Å²) >= 11 is 1.60. The van der Waals surface area contributed by atoms with Gasteiger partial charge >= 0.3 is 0 Å². The molecule has 0 spiro atoms. The van der Waals surface area contributed by atoms with Crippen LogP contribution in [0.15, 0.2) is 4.99 Å². The smallest absolute Gasteiger partial charge is 0.233 e. The number of nitrogens with zero attached hydrogens (tertiary/aromatic N) is 2. The minimum absolute atomic E-state index is 0.347. The molecule has 0 atom stereocenters. The predicted molar refractivity (Wildman–Crippen MR) is 93.4 cm³/mol. The van der Waals surface area contributed by atoms with Crippen molar-refractivity contribution in [1.82, 2.24) is 10.2 Å². The molecule has 124 valence electrons. The van der Waals surface area contributed by atoms with Crippen LogP contribution in [0.4, 0.5) is 0 Å². The van der Waals surface area contributed by atoms with E-state index in [1.54, 1.807) is 11.8 Å². The lowest BCUT2D eigenvalue weighted by Crippen LogP contribution is -2.49. The van der Waals surface area contributed by atoms with Crippen molar-refractivity contribution < 1.29 is 4.79 Å². The first kappa shape index (κ1) is 16.2. The molecule has 1 amide bonds. The highest BCUT2D eigenvalue weighted by molar-refractivity contribution is 8.14. The summed E-state index contributed by atoms with van der Waals surface area (Å²) in [5.74, 6) is 0.902. The molecule has 0 bridgehead atoms. The Bertz CT molecular complexity index is 383. The summed E-state index contributed by atoms with van der Waals surface area (Å²) in [4.78, 5) is 19.6. The van der Waals surface area contributed by atoms with E-state index < -0.39 is 0 Å². The first-order valence-corrected chi connectivity index (χ1v) is 10.1. The summed E-state index contributed by atoms with van der Waals surface area (Å²) in [5, 5.41) is 4.21. The topological polar surface area (TPSA) is 44.7 Å². The number of amidine groups is 1. The zero-order valence-corrected chi connectivity index (χ0v) is 14.4. The van der Waals surface area contributed by atoms with Crippen LogP contribution in [-0.2, 0) is 4.79 Å². The number of nitrogens with one attached hydrogen (secondary N) is 1. The largest absolute Gasteiger partial charge is 0.363 e. The monoisotopic (exact) mass is 323 g/mol. The van der Waals surface area contributed by atoms with E-state index in [1.165, 1.54) is 64.2 Å².